The lowest BCUT2D eigenvalue weighted by Gasteiger charge is -2.21. The molecule has 21 heavy (non-hydrogen) atoms. The molecule has 0 aromatic heterocycles. The third-order valence-electron chi connectivity index (χ3n) is 3.12. The summed E-state index contributed by atoms with van der Waals surface area (Å²) in [6.07, 6.45) is 0. The van der Waals surface area contributed by atoms with Gasteiger partial charge in [-0.15, -0.1) is 0 Å². The topological polar surface area (TPSA) is 75.6 Å². The molecule has 0 saturated carbocycles. The Morgan fingerprint density at radius 3 is 2.48 bits per heavy atom. The molecule has 0 heterocycles. The Morgan fingerprint density at radius 2 is 1.90 bits per heavy atom. The average molecular weight is 315 g/mol. The summed E-state index contributed by atoms with van der Waals surface area (Å²) in [5.74, 6) is 0. The Labute approximate surface area is 127 Å². The number of benzene rings is 1. The number of aliphatic hydroxyl groups excluding tert-OH is 1. The van der Waals surface area contributed by atoms with Gasteiger partial charge in [-0.25, -0.2) is 13.1 Å². The summed E-state index contributed by atoms with van der Waals surface area (Å²) in [5.41, 5.74) is 1.58. The van der Waals surface area contributed by atoms with Gasteiger partial charge in [0.25, 0.3) is 0 Å². The van der Waals surface area contributed by atoms with Crippen LogP contribution in [-0.4, -0.2) is 39.9 Å². The molecule has 0 saturated heterocycles. The van der Waals surface area contributed by atoms with Gasteiger partial charge in [0, 0.05) is 6.54 Å². The van der Waals surface area contributed by atoms with Crippen LogP contribution in [0.2, 0.25) is 0 Å². The van der Waals surface area contributed by atoms with Crippen LogP contribution < -0.4 is 4.72 Å². The van der Waals surface area contributed by atoms with Crippen LogP contribution >= 0.6 is 0 Å². The van der Waals surface area contributed by atoms with E-state index in [-0.39, 0.29) is 31.8 Å². The van der Waals surface area contributed by atoms with E-state index in [0.717, 1.165) is 5.56 Å². The van der Waals surface area contributed by atoms with Crippen molar-refractivity contribution in [2.75, 3.05) is 26.4 Å². The molecule has 0 radical (unpaired) electrons. The summed E-state index contributed by atoms with van der Waals surface area (Å²) in [4.78, 5) is 0.303. The van der Waals surface area contributed by atoms with Crippen molar-refractivity contribution in [2.24, 2.45) is 0 Å². The molecular formula is C15H25NO4S. The van der Waals surface area contributed by atoms with E-state index in [1.165, 1.54) is 0 Å². The summed E-state index contributed by atoms with van der Waals surface area (Å²) in [6, 6.07) is 5.52. The zero-order valence-corrected chi connectivity index (χ0v) is 14.0. The van der Waals surface area contributed by atoms with Crippen molar-refractivity contribution >= 4 is 10.0 Å². The van der Waals surface area contributed by atoms with E-state index in [2.05, 4.69) is 4.72 Å². The summed E-state index contributed by atoms with van der Waals surface area (Å²) in [5, 5.41) is 8.58. The molecule has 0 amide bonds. The Kier molecular flexibility index (Phi) is 6.34. The monoisotopic (exact) mass is 315 g/mol. The van der Waals surface area contributed by atoms with Gasteiger partial charge in [0.1, 0.15) is 0 Å². The third-order valence-corrected chi connectivity index (χ3v) is 4.72. The van der Waals surface area contributed by atoms with E-state index in [0.29, 0.717) is 10.5 Å². The third kappa shape index (κ3) is 5.39. The number of aliphatic hydroxyl groups is 1. The van der Waals surface area contributed by atoms with E-state index in [1.807, 2.05) is 32.9 Å². The number of hydrogen-bond donors (Lipinski definition) is 2. The number of aryl methyl sites for hydroxylation is 1. The zero-order valence-electron chi connectivity index (χ0n) is 13.1. The average Bonchev–Trinajstić information content (AvgIpc) is 2.37. The molecule has 5 nitrogen and oxygen atoms in total. The number of ether oxygens (including phenoxy) is 1. The van der Waals surface area contributed by atoms with Crippen molar-refractivity contribution in [3.05, 3.63) is 29.3 Å². The van der Waals surface area contributed by atoms with Crippen LogP contribution in [0.4, 0.5) is 0 Å². The molecule has 1 aromatic rings. The molecule has 1 rings (SSSR count). The number of nitrogens with one attached hydrogen (secondary N) is 1. The molecule has 0 atom stereocenters. The SMILES string of the molecule is Cc1ccc(C(C)(C)C)cc1S(=O)(=O)NCCOCCO. The van der Waals surface area contributed by atoms with E-state index >= 15 is 0 Å². The smallest absolute Gasteiger partial charge is 0.240 e. The first kappa shape index (κ1) is 18.1. The van der Waals surface area contributed by atoms with E-state index < -0.39 is 10.0 Å². The Bertz CT molecular complexity index is 562. The van der Waals surface area contributed by atoms with Crippen LogP contribution in [0.25, 0.3) is 0 Å². The Hall–Kier alpha value is -0.950. The van der Waals surface area contributed by atoms with Gasteiger partial charge in [-0.3, -0.25) is 0 Å². The van der Waals surface area contributed by atoms with Crippen molar-refractivity contribution in [1.82, 2.24) is 4.72 Å². The van der Waals surface area contributed by atoms with E-state index in [9.17, 15) is 8.42 Å². The van der Waals surface area contributed by atoms with Gasteiger partial charge < -0.3 is 9.84 Å². The molecule has 0 unspecified atom stereocenters. The molecule has 2 N–H and O–H groups in total. The highest BCUT2D eigenvalue weighted by atomic mass is 32.2. The maximum absolute atomic E-state index is 12.3. The van der Waals surface area contributed by atoms with Gasteiger partial charge in [-0.1, -0.05) is 32.9 Å². The van der Waals surface area contributed by atoms with Crippen LogP contribution in [0.15, 0.2) is 23.1 Å². The molecule has 0 aliphatic carbocycles. The van der Waals surface area contributed by atoms with Crippen LogP contribution in [0, 0.1) is 6.92 Å². The normalized spacial score (nSPS) is 12.6. The van der Waals surface area contributed by atoms with Gasteiger partial charge >= 0.3 is 0 Å². The van der Waals surface area contributed by atoms with Gasteiger partial charge in [0.05, 0.1) is 24.7 Å². The first-order valence-corrected chi connectivity index (χ1v) is 8.46. The molecule has 0 fully saturated rings. The quantitative estimate of drug-likeness (QED) is 0.749. The number of sulfonamides is 1. The lowest BCUT2D eigenvalue weighted by molar-refractivity contribution is 0.0961. The van der Waals surface area contributed by atoms with E-state index in [4.69, 9.17) is 9.84 Å². The highest BCUT2D eigenvalue weighted by Gasteiger charge is 2.21. The standard InChI is InChI=1S/C15H25NO4S/c1-12-5-6-13(15(2,3)4)11-14(12)21(18,19)16-7-9-20-10-8-17/h5-6,11,16-17H,7-10H2,1-4H3. The maximum Gasteiger partial charge on any atom is 0.240 e. The predicted octanol–water partition coefficient (Wildman–Crippen LogP) is 1.58. The summed E-state index contributed by atoms with van der Waals surface area (Å²) in [6.45, 7) is 8.47. The van der Waals surface area contributed by atoms with Gasteiger partial charge in [0.15, 0.2) is 0 Å². The van der Waals surface area contributed by atoms with Crippen molar-refractivity contribution < 1.29 is 18.3 Å². The van der Waals surface area contributed by atoms with E-state index in [1.54, 1.807) is 13.0 Å². The Balaban J connectivity index is 2.87. The molecule has 6 heteroatoms. The lowest BCUT2D eigenvalue weighted by atomic mass is 9.87. The van der Waals surface area contributed by atoms with Gasteiger partial charge in [0.2, 0.25) is 10.0 Å². The first-order valence-electron chi connectivity index (χ1n) is 6.98. The fraction of sp³-hybridized carbons (Fsp3) is 0.600. The molecule has 1 aromatic carbocycles. The molecule has 120 valence electrons. The number of hydrogen-bond acceptors (Lipinski definition) is 4. The fourth-order valence-corrected chi connectivity index (χ4v) is 3.13. The molecule has 0 spiro atoms. The van der Waals surface area contributed by atoms with Crippen LogP contribution in [0.1, 0.15) is 31.9 Å². The molecule has 0 aliphatic rings. The summed E-state index contributed by atoms with van der Waals surface area (Å²) >= 11 is 0. The second-order valence-electron chi connectivity index (χ2n) is 5.96. The first-order chi connectivity index (χ1) is 9.68. The fourth-order valence-electron chi connectivity index (χ4n) is 1.85. The Morgan fingerprint density at radius 1 is 1.24 bits per heavy atom. The molecule has 0 aliphatic heterocycles. The highest BCUT2D eigenvalue weighted by molar-refractivity contribution is 7.89. The minimum Gasteiger partial charge on any atom is -0.394 e. The van der Waals surface area contributed by atoms with Gasteiger partial charge in [-0.05, 0) is 29.5 Å². The second-order valence-corrected chi connectivity index (χ2v) is 7.70. The van der Waals surface area contributed by atoms with Crippen molar-refractivity contribution in [3.8, 4) is 0 Å². The zero-order chi connectivity index (χ0) is 16.1. The predicted molar refractivity (Wildman–Crippen MR) is 83.0 cm³/mol. The van der Waals surface area contributed by atoms with Crippen LogP contribution in [0.5, 0.6) is 0 Å². The summed E-state index contributed by atoms with van der Waals surface area (Å²) in [7, 11) is -3.55. The maximum atomic E-state index is 12.3. The largest absolute Gasteiger partial charge is 0.394 e. The second kappa shape index (κ2) is 7.35. The molecular weight excluding hydrogens is 290 g/mol. The molecule has 0 bridgehead atoms. The lowest BCUT2D eigenvalue weighted by Crippen LogP contribution is -2.28. The van der Waals surface area contributed by atoms with Crippen molar-refractivity contribution in [1.29, 1.82) is 0 Å². The highest BCUT2D eigenvalue weighted by Crippen LogP contribution is 2.26. The minimum atomic E-state index is -3.55. The number of rotatable bonds is 7. The minimum absolute atomic E-state index is 0.0700. The van der Waals surface area contributed by atoms with Gasteiger partial charge in [-0.2, -0.15) is 0 Å². The van der Waals surface area contributed by atoms with Crippen molar-refractivity contribution in [2.45, 2.75) is 38.0 Å². The van der Waals surface area contributed by atoms with Crippen LogP contribution in [-0.2, 0) is 20.2 Å². The van der Waals surface area contributed by atoms with Crippen LogP contribution in [0.3, 0.4) is 0 Å². The van der Waals surface area contributed by atoms with Crippen molar-refractivity contribution in [3.63, 3.8) is 0 Å². The summed E-state index contributed by atoms with van der Waals surface area (Å²) < 4.78 is 32.3.